The molecule has 0 saturated carbocycles. The van der Waals surface area contributed by atoms with Crippen LogP contribution in [-0.2, 0) is 19.1 Å². The lowest BCUT2D eigenvalue weighted by atomic mass is 10.1. The Morgan fingerprint density at radius 1 is 1.12 bits per heavy atom. The summed E-state index contributed by atoms with van der Waals surface area (Å²) in [6.45, 7) is 12.1. The Morgan fingerprint density at radius 3 is 2.20 bits per heavy atom. The molecule has 7 nitrogen and oxygen atoms in total. The lowest BCUT2D eigenvalue weighted by Gasteiger charge is -2.36. The lowest BCUT2D eigenvalue weighted by Crippen LogP contribution is -2.51. The number of amides is 1. The molecule has 1 aliphatic heterocycles. The normalized spacial score (nSPS) is 17.1. The molecule has 8 heteroatoms. The maximum absolute atomic E-state index is 12.1. The first kappa shape index (κ1) is 21.8. The zero-order chi connectivity index (χ0) is 19.0. The minimum absolute atomic E-state index is 0.0101. The molecule has 0 bridgehead atoms. The molecule has 1 atom stereocenters. The molecule has 0 radical (unpaired) electrons. The summed E-state index contributed by atoms with van der Waals surface area (Å²) in [5, 5.41) is -0.0101. The van der Waals surface area contributed by atoms with Crippen molar-refractivity contribution in [2.75, 3.05) is 45.1 Å². The molecule has 1 heterocycles. The molecule has 25 heavy (non-hydrogen) atoms. The summed E-state index contributed by atoms with van der Waals surface area (Å²) >= 11 is 1.14. The number of nitrogens with zero attached hydrogens (tertiary/aromatic N) is 2. The van der Waals surface area contributed by atoms with Gasteiger partial charge in [0.1, 0.15) is 5.60 Å². The van der Waals surface area contributed by atoms with Gasteiger partial charge < -0.3 is 14.4 Å². The Morgan fingerprint density at radius 2 is 1.72 bits per heavy atom. The van der Waals surface area contributed by atoms with Gasteiger partial charge in [0.2, 0.25) is 0 Å². The van der Waals surface area contributed by atoms with Crippen LogP contribution < -0.4 is 0 Å². The van der Waals surface area contributed by atoms with Crippen molar-refractivity contribution in [1.29, 1.82) is 0 Å². The second kappa shape index (κ2) is 10.0. The van der Waals surface area contributed by atoms with Crippen LogP contribution in [0.1, 0.15) is 34.6 Å². The van der Waals surface area contributed by atoms with E-state index in [0.29, 0.717) is 45.1 Å². The van der Waals surface area contributed by atoms with Gasteiger partial charge in [-0.2, -0.15) is 0 Å². The fourth-order valence-corrected chi connectivity index (χ4v) is 3.10. The summed E-state index contributed by atoms with van der Waals surface area (Å²) in [7, 11) is 0. The Balaban J connectivity index is 2.51. The van der Waals surface area contributed by atoms with Gasteiger partial charge in [0.05, 0.1) is 12.5 Å². The molecular weight excluding hydrogens is 344 g/mol. The molecule has 0 aromatic carbocycles. The number of ether oxygens (including phenoxy) is 2. The first-order chi connectivity index (χ1) is 11.6. The number of rotatable bonds is 6. The summed E-state index contributed by atoms with van der Waals surface area (Å²) in [4.78, 5) is 39.2. The molecule has 0 spiro atoms. The predicted molar refractivity (Wildman–Crippen MR) is 97.5 cm³/mol. The minimum Gasteiger partial charge on any atom is -0.466 e. The fraction of sp³-hybridized carbons (Fsp3) is 0.824. The number of thioether (sulfide) groups is 1. The third kappa shape index (κ3) is 8.58. The minimum atomic E-state index is -0.507. The van der Waals surface area contributed by atoms with Crippen molar-refractivity contribution < 1.29 is 23.9 Å². The molecule has 1 fully saturated rings. The van der Waals surface area contributed by atoms with E-state index in [1.807, 2.05) is 20.8 Å². The number of carbonyl (C=O) groups excluding carboxylic acids is 3. The highest BCUT2D eigenvalue weighted by Gasteiger charge is 2.29. The van der Waals surface area contributed by atoms with E-state index in [9.17, 15) is 14.4 Å². The highest BCUT2D eigenvalue weighted by Crippen LogP contribution is 2.16. The van der Waals surface area contributed by atoms with Crippen molar-refractivity contribution in [3.63, 3.8) is 0 Å². The van der Waals surface area contributed by atoms with Crippen LogP contribution in [-0.4, -0.2) is 77.7 Å². The summed E-state index contributed by atoms with van der Waals surface area (Å²) < 4.78 is 10.5. The van der Waals surface area contributed by atoms with Crippen LogP contribution in [0.2, 0.25) is 0 Å². The van der Waals surface area contributed by atoms with Crippen molar-refractivity contribution in [1.82, 2.24) is 9.80 Å². The molecule has 1 amide bonds. The Labute approximate surface area is 154 Å². The average Bonchev–Trinajstić information content (AvgIpc) is 2.50. The maximum Gasteiger partial charge on any atom is 0.410 e. The molecule has 0 aromatic rings. The summed E-state index contributed by atoms with van der Waals surface area (Å²) in [6, 6.07) is 0. The molecule has 144 valence electrons. The van der Waals surface area contributed by atoms with Gasteiger partial charge in [-0.3, -0.25) is 14.5 Å². The van der Waals surface area contributed by atoms with Crippen LogP contribution >= 0.6 is 11.8 Å². The Hall–Kier alpha value is -1.28. The van der Waals surface area contributed by atoms with E-state index in [0.717, 1.165) is 11.8 Å². The van der Waals surface area contributed by atoms with Gasteiger partial charge in [0.25, 0.3) is 0 Å². The summed E-state index contributed by atoms with van der Waals surface area (Å²) in [5.41, 5.74) is -0.507. The van der Waals surface area contributed by atoms with E-state index < -0.39 is 5.60 Å². The largest absolute Gasteiger partial charge is 0.466 e. The van der Waals surface area contributed by atoms with Crippen LogP contribution in [0.15, 0.2) is 0 Å². The van der Waals surface area contributed by atoms with Crippen molar-refractivity contribution >= 4 is 28.9 Å². The average molecular weight is 375 g/mol. The van der Waals surface area contributed by atoms with Crippen LogP contribution in [0.5, 0.6) is 0 Å². The summed E-state index contributed by atoms with van der Waals surface area (Å²) in [5.74, 6) is -0.201. The van der Waals surface area contributed by atoms with E-state index in [1.54, 1.807) is 11.8 Å². The van der Waals surface area contributed by atoms with E-state index in [4.69, 9.17) is 9.47 Å². The van der Waals surface area contributed by atoms with Crippen LogP contribution in [0, 0.1) is 5.92 Å². The number of hydrogen-bond donors (Lipinski definition) is 0. The third-order valence-corrected chi connectivity index (χ3v) is 4.59. The Bertz CT molecular complexity index is 470. The lowest BCUT2D eigenvalue weighted by molar-refractivity contribution is -0.148. The number of carbonyl (C=O) groups is 3. The van der Waals surface area contributed by atoms with Gasteiger partial charge >= 0.3 is 12.1 Å². The number of piperazine rings is 1. The predicted octanol–water partition coefficient (Wildman–Crippen LogP) is 2.00. The number of esters is 1. The second-order valence-electron chi connectivity index (χ2n) is 7.02. The van der Waals surface area contributed by atoms with E-state index in [1.165, 1.54) is 6.92 Å². The van der Waals surface area contributed by atoms with Crippen molar-refractivity contribution in [2.24, 2.45) is 5.92 Å². The van der Waals surface area contributed by atoms with E-state index in [-0.39, 0.29) is 23.1 Å². The SMILES string of the molecule is CCOC(=O)C(CSC(C)=O)CN1CCN(C(=O)OC(C)(C)C)CC1. The van der Waals surface area contributed by atoms with E-state index in [2.05, 4.69) is 4.90 Å². The zero-order valence-corrected chi connectivity index (χ0v) is 16.7. The van der Waals surface area contributed by atoms with Crippen LogP contribution in [0.25, 0.3) is 0 Å². The first-order valence-electron chi connectivity index (χ1n) is 8.62. The van der Waals surface area contributed by atoms with Crippen LogP contribution in [0.4, 0.5) is 4.79 Å². The topological polar surface area (TPSA) is 76.2 Å². The molecule has 1 rings (SSSR count). The molecule has 1 unspecified atom stereocenters. The molecule has 0 aromatic heterocycles. The number of hydrogen-bond acceptors (Lipinski definition) is 7. The third-order valence-electron chi connectivity index (χ3n) is 3.61. The second-order valence-corrected chi connectivity index (χ2v) is 8.22. The van der Waals surface area contributed by atoms with Gasteiger partial charge in [-0.25, -0.2) is 4.79 Å². The quantitative estimate of drug-likeness (QED) is 0.658. The van der Waals surface area contributed by atoms with Gasteiger partial charge in [-0.15, -0.1) is 0 Å². The smallest absolute Gasteiger partial charge is 0.410 e. The van der Waals surface area contributed by atoms with Crippen molar-refractivity contribution in [3.05, 3.63) is 0 Å². The highest BCUT2D eigenvalue weighted by molar-refractivity contribution is 8.13. The van der Waals surface area contributed by atoms with E-state index >= 15 is 0 Å². The van der Waals surface area contributed by atoms with Gasteiger partial charge in [-0.05, 0) is 27.7 Å². The highest BCUT2D eigenvalue weighted by atomic mass is 32.2. The fourth-order valence-electron chi connectivity index (χ4n) is 2.42. The van der Waals surface area contributed by atoms with Crippen molar-refractivity contribution in [2.45, 2.75) is 40.2 Å². The molecule has 0 N–H and O–H groups in total. The Kier molecular flexibility index (Phi) is 8.71. The van der Waals surface area contributed by atoms with Gasteiger partial charge in [-0.1, -0.05) is 11.8 Å². The van der Waals surface area contributed by atoms with Crippen molar-refractivity contribution in [3.8, 4) is 0 Å². The maximum atomic E-state index is 12.1. The molecule has 1 saturated heterocycles. The monoisotopic (exact) mass is 374 g/mol. The molecule has 1 aliphatic rings. The first-order valence-corrected chi connectivity index (χ1v) is 9.61. The van der Waals surface area contributed by atoms with Gasteiger partial charge in [0, 0.05) is 45.4 Å². The summed E-state index contributed by atoms with van der Waals surface area (Å²) in [6.07, 6.45) is -0.304. The van der Waals surface area contributed by atoms with Gasteiger partial charge in [0.15, 0.2) is 5.12 Å². The van der Waals surface area contributed by atoms with Crippen LogP contribution in [0.3, 0.4) is 0 Å². The standard InChI is InChI=1S/C17H30N2O5S/c1-6-23-15(21)14(12-25-13(2)20)11-18-7-9-19(10-8-18)16(22)24-17(3,4)5/h14H,6-12H2,1-5H3. The zero-order valence-electron chi connectivity index (χ0n) is 15.9. The molecular formula is C17H30N2O5S. The molecule has 0 aliphatic carbocycles.